The maximum Gasteiger partial charge on any atom is 0.237 e. The van der Waals surface area contributed by atoms with E-state index in [9.17, 15) is 4.79 Å². The number of nitriles is 1. The van der Waals surface area contributed by atoms with E-state index in [0.717, 1.165) is 5.56 Å². The number of nitrogens with zero attached hydrogens (tertiary/aromatic N) is 4. The molecule has 1 N–H and O–H groups in total. The van der Waals surface area contributed by atoms with Crippen molar-refractivity contribution in [1.82, 2.24) is 14.8 Å². The molecule has 28 heavy (non-hydrogen) atoms. The number of hydrogen-bond acceptors (Lipinski definition) is 6. The van der Waals surface area contributed by atoms with Crippen molar-refractivity contribution in [1.29, 1.82) is 5.26 Å². The summed E-state index contributed by atoms with van der Waals surface area (Å²) in [6.07, 6.45) is 0. The van der Waals surface area contributed by atoms with Gasteiger partial charge in [-0.3, -0.25) is 4.79 Å². The lowest BCUT2D eigenvalue weighted by Gasteiger charge is -2.13. The summed E-state index contributed by atoms with van der Waals surface area (Å²) in [7, 11) is 3.45. The van der Waals surface area contributed by atoms with Gasteiger partial charge in [0.05, 0.1) is 29.2 Å². The Kier molecular flexibility index (Phi) is 5.96. The third kappa shape index (κ3) is 4.00. The van der Waals surface area contributed by atoms with Crippen LogP contribution < -0.4 is 10.1 Å². The fourth-order valence-electron chi connectivity index (χ4n) is 2.62. The van der Waals surface area contributed by atoms with Crippen molar-refractivity contribution < 1.29 is 9.53 Å². The highest BCUT2D eigenvalue weighted by Crippen LogP contribution is 2.31. The van der Waals surface area contributed by atoms with Crippen molar-refractivity contribution in [2.24, 2.45) is 7.05 Å². The van der Waals surface area contributed by atoms with Gasteiger partial charge in [-0.2, -0.15) is 5.26 Å². The molecule has 0 radical (unpaired) electrons. The second-order valence-electron chi connectivity index (χ2n) is 5.97. The van der Waals surface area contributed by atoms with Crippen LogP contribution in [0.2, 0.25) is 0 Å². The molecule has 7 nitrogen and oxygen atoms in total. The highest BCUT2D eigenvalue weighted by molar-refractivity contribution is 8.00. The minimum absolute atomic E-state index is 0.213. The van der Waals surface area contributed by atoms with Gasteiger partial charge in [-0.15, -0.1) is 10.2 Å². The van der Waals surface area contributed by atoms with Gasteiger partial charge in [-0.05, 0) is 31.2 Å². The van der Waals surface area contributed by atoms with Gasteiger partial charge < -0.3 is 14.6 Å². The maximum absolute atomic E-state index is 12.6. The highest BCUT2D eigenvalue weighted by atomic mass is 32.2. The fourth-order valence-corrected chi connectivity index (χ4v) is 3.43. The minimum Gasteiger partial charge on any atom is -0.496 e. The second kappa shape index (κ2) is 8.59. The Morgan fingerprint density at radius 3 is 2.68 bits per heavy atom. The Hall–Kier alpha value is -3.31. The van der Waals surface area contributed by atoms with E-state index in [1.165, 1.54) is 11.8 Å². The first-order valence-corrected chi connectivity index (χ1v) is 9.42. The van der Waals surface area contributed by atoms with Crippen LogP contribution in [0.1, 0.15) is 12.5 Å². The van der Waals surface area contributed by atoms with Crippen LogP contribution >= 0.6 is 11.8 Å². The first-order chi connectivity index (χ1) is 13.5. The number of anilines is 1. The van der Waals surface area contributed by atoms with E-state index in [1.807, 2.05) is 35.9 Å². The molecule has 3 aromatic rings. The molecule has 0 saturated carbocycles. The molecule has 1 heterocycles. The molecule has 8 heteroatoms. The lowest BCUT2D eigenvalue weighted by Crippen LogP contribution is -2.23. The standard InChI is InChI=1S/C20H19N5O2S/c1-13(19(26)22-16-10-6-4-8-14(16)12-21)28-20-24-23-18(25(20)2)15-9-5-7-11-17(15)27-3/h4-11,13H,1-3H3,(H,22,26). The van der Waals surface area contributed by atoms with Crippen LogP contribution in [0.3, 0.4) is 0 Å². The smallest absolute Gasteiger partial charge is 0.237 e. The number of benzene rings is 2. The molecule has 1 amide bonds. The number of methoxy groups -OCH3 is 1. The summed E-state index contributed by atoms with van der Waals surface area (Å²) in [5.74, 6) is 1.14. The summed E-state index contributed by atoms with van der Waals surface area (Å²) in [6.45, 7) is 1.78. The van der Waals surface area contributed by atoms with Crippen LogP contribution in [0.25, 0.3) is 11.4 Å². The van der Waals surface area contributed by atoms with E-state index >= 15 is 0 Å². The van der Waals surface area contributed by atoms with Gasteiger partial charge in [0.2, 0.25) is 5.91 Å². The van der Waals surface area contributed by atoms with Crippen LogP contribution in [0.4, 0.5) is 5.69 Å². The fraction of sp³-hybridized carbons (Fsp3) is 0.200. The number of ether oxygens (including phenoxy) is 1. The Labute approximate surface area is 167 Å². The molecule has 0 bridgehead atoms. The Morgan fingerprint density at radius 2 is 1.93 bits per heavy atom. The number of thioether (sulfide) groups is 1. The van der Waals surface area contributed by atoms with Crippen molar-refractivity contribution in [3.63, 3.8) is 0 Å². The average Bonchev–Trinajstić information content (AvgIpc) is 3.08. The average molecular weight is 393 g/mol. The van der Waals surface area contributed by atoms with E-state index in [4.69, 9.17) is 10.00 Å². The van der Waals surface area contributed by atoms with Gasteiger partial charge in [0.15, 0.2) is 11.0 Å². The van der Waals surface area contributed by atoms with Gasteiger partial charge in [-0.25, -0.2) is 0 Å². The molecule has 3 rings (SSSR count). The van der Waals surface area contributed by atoms with Crippen molar-refractivity contribution >= 4 is 23.4 Å². The van der Waals surface area contributed by atoms with Gasteiger partial charge >= 0.3 is 0 Å². The first-order valence-electron chi connectivity index (χ1n) is 8.54. The minimum atomic E-state index is -0.430. The third-order valence-electron chi connectivity index (χ3n) is 4.14. The predicted octanol–water partition coefficient (Wildman–Crippen LogP) is 3.48. The molecule has 1 atom stereocenters. The number of rotatable bonds is 6. The van der Waals surface area contributed by atoms with E-state index in [2.05, 4.69) is 21.6 Å². The molecular weight excluding hydrogens is 374 g/mol. The van der Waals surface area contributed by atoms with Gasteiger partial charge in [0.1, 0.15) is 11.8 Å². The zero-order valence-electron chi connectivity index (χ0n) is 15.7. The Bertz CT molecular complexity index is 1040. The number of carbonyl (C=O) groups excluding carboxylic acids is 1. The molecule has 0 fully saturated rings. The van der Waals surface area contributed by atoms with Crippen molar-refractivity contribution in [2.45, 2.75) is 17.3 Å². The van der Waals surface area contributed by atoms with Crippen LogP contribution in [0.15, 0.2) is 53.7 Å². The van der Waals surface area contributed by atoms with Crippen LogP contribution in [-0.4, -0.2) is 33.0 Å². The summed E-state index contributed by atoms with van der Waals surface area (Å²) in [5, 5.41) is 20.6. The largest absolute Gasteiger partial charge is 0.496 e. The number of nitrogens with one attached hydrogen (secondary N) is 1. The molecule has 2 aromatic carbocycles. The molecule has 0 spiro atoms. The van der Waals surface area contributed by atoms with E-state index < -0.39 is 5.25 Å². The van der Waals surface area contributed by atoms with Crippen LogP contribution in [0.5, 0.6) is 5.75 Å². The number of para-hydroxylation sites is 2. The lowest BCUT2D eigenvalue weighted by molar-refractivity contribution is -0.115. The Balaban J connectivity index is 1.76. The van der Waals surface area contributed by atoms with Gasteiger partial charge in [0.25, 0.3) is 0 Å². The molecule has 0 aliphatic heterocycles. The molecule has 142 valence electrons. The molecule has 1 aromatic heterocycles. The first kappa shape index (κ1) is 19.5. The molecule has 0 aliphatic carbocycles. The number of amides is 1. The number of carbonyl (C=O) groups is 1. The van der Waals surface area contributed by atoms with Crippen molar-refractivity contribution in [3.05, 3.63) is 54.1 Å². The zero-order chi connectivity index (χ0) is 20.1. The monoisotopic (exact) mass is 393 g/mol. The molecule has 0 saturated heterocycles. The number of hydrogen-bond donors (Lipinski definition) is 1. The Morgan fingerprint density at radius 1 is 1.21 bits per heavy atom. The summed E-state index contributed by atoms with van der Waals surface area (Å²) < 4.78 is 7.22. The predicted molar refractivity (Wildman–Crippen MR) is 108 cm³/mol. The number of aromatic nitrogens is 3. The SMILES string of the molecule is COc1ccccc1-c1nnc(SC(C)C(=O)Nc2ccccc2C#N)n1C. The summed E-state index contributed by atoms with van der Waals surface area (Å²) >= 11 is 1.29. The van der Waals surface area contributed by atoms with E-state index in [0.29, 0.717) is 28.0 Å². The lowest BCUT2D eigenvalue weighted by atomic mass is 10.2. The zero-order valence-corrected chi connectivity index (χ0v) is 16.5. The second-order valence-corrected chi connectivity index (χ2v) is 7.28. The maximum atomic E-state index is 12.6. The summed E-state index contributed by atoms with van der Waals surface area (Å²) in [6, 6.07) is 16.5. The van der Waals surface area contributed by atoms with Crippen molar-refractivity contribution in [2.75, 3.05) is 12.4 Å². The summed E-state index contributed by atoms with van der Waals surface area (Å²) in [4.78, 5) is 12.6. The molecule has 0 aliphatic rings. The van der Waals surface area contributed by atoms with Crippen molar-refractivity contribution in [3.8, 4) is 23.2 Å². The normalized spacial score (nSPS) is 11.5. The highest BCUT2D eigenvalue weighted by Gasteiger charge is 2.21. The summed E-state index contributed by atoms with van der Waals surface area (Å²) in [5.41, 5.74) is 1.74. The van der Waals surface area contributed by atoms with Gasteiger partial charge in [0, 0.05) is 7.05 Å². The third-order valence-corrected chi connectivity index (χ3v) is 5.27. The quantitative estimate of drug-likeness (QED) is 0.645. The molecular formula is C20H19N5O2S. The topological polar surface area (TPSA) is 92.8 Å². The van der Waals surface area contributed by atoms with Gasteiger partial charge in [-0.1, -0.05) is 36.0 Å². The van der Waals surface area contributed by atoms with E-state index in [1.54, 1.807) is 38.3 Å². The van der Waals surface area contributed by atoms with E-state index in [-0.39, 0.29) is 5.91 Å². The van der Waals surface area contributed by atoms with Crippen LogP contribution in [0, 0.1) is 11.3 Å². The molecule has 1 unspecified atom stereocenters. The van der Waals surface area contributed by atoms with Crippen LogP contribution in [-0.2, 0) is 11.8 Å².